The Labute approximate surface area is 139 Å². The standard InChI is InChI=1S/C17H31N5O/c1-4-18-17(21(2)10-11-23-14-15-7-8-15)19-9-5-6-16-12-20-22(3)13-16/h12-13,15H,4-11,14H2,1-3H3,(H,18,19). The summed E-state index contributed by atoms with van der Waals surface area (Å²) in [6.07, 6.45) is 8.74. The van der Waals surface area contributed by atoms with Gasteiger partial charge in [-0.05, 0) is 44.1 Å². The Kier molecular flexibility index (Phi) is 7.39. The highest BCUT2D eigenvalue weighted by molar-refractivity contribution is 5.79. The van der Waals surface area contributed by atoms with Crippen molar-refractivity contribution in [2.45, 2.75) is 32.6 Å². The Morgan fingerprint density at radius 2 is 2.35 bits per heavy atom. The summed E-state index contributed by atoms with van der Waals surface area (Å²) in [6, 6.07) is 0. The predicted molar refractivity (Wildman–Crippen MR) is 93.7 cm³/mol. The number of nitrogens with zero attached hydrogens (tertiary/aromatic N) is 4. The molecule has 6 heteroatoms. The highest BCUT2D eigenvalue weighted by Gasteiger charge is 2.21. The number of aryl methyl sites for hydroxylation is 2. The van der Waals surface area contributed by atoms with Crippen LogP contribution in [0.3, 0.4) is 0 Å². The van der Waals surface area contributed by atoms with Gasteiger partial charge >= 0.3 is 0 Å². The third-order valence-electron chi connectivity index (χ3n) is 3.96. The third-order valence-corrected chi connectivity index (χ3v) is 3.96. The van der Waals surface area contributed by atoms with Crippen LogP contribution >= 0.6 is 0 Å². The lowest BCUT2D eigenvalue weighted by Gasteiger charge is -2.22. The molecule has 130 valence electrons. The van der Waals surface area contributed by atoms with Crippen LogP contribution < -0.4 is 5.32 Å². The van der Waals surface area contributed by atoms with Gasteiger partial charge < -0.3 is 15.0 Å². The normalized spacial score (nSPS) is 15.0. The maximum absolute atomic E-state index is 5.71. The largest absolute Gasteiger partial charge is 0.379 e. The second kappa shape index (κ2) is 9.55. The molecule has 0 aliphatic heterocycles. The van der Waals surface area contributed by atoms with E-state index in [9.17, 15) is 0 Å². The summed E-state index contributed by atoms with van der Waals surface area (Å²) in [6.45, 7) is 6.38. The molecule has 1 fully saturated rings. The van der Waals surface area contributed by atoms with Crippen molar-refractivity contribution in [3.8, 4) is 0 Å². The Morgan fingerprint density at radius 3 is 3.00 bits per heavy atom. The number of aliphatic imine (C=N–C) groups is 1. The molecule has 1 aromatic rings. The van der Waals surface area contributed by atoms with Crippen molar-refractivity contribution in [2.24, 2.45) is 18.0 Å². The number of aromatic nitrogens is 2. The van der Waals surface area contributed by atoms with Crippen molar-refractivity contribution in [1.82, 2.24) is 20.0 Å². The number of guanidine groups is 1. The molecule has 0 radical (unpaired) electrons. The molecular formula is C17H31N5O. The third kappa shape index (κ3) is 7.03. The molecule has 0 atom stereocenters. The van der Waals surface area contributed by atoms with E-state index in [0.717, 1.165) is 57.6 Å². The van der Waals surface area contributed by atoms with Crippen molar-refractivity contribution in [3.63, 3.8) is 0 Å². The minimum absolute atomic E-state index is 0.771. The van der Waals surface area contributed by atoms with E-state index in [1.807, 2.05) is 17.9 Å². The quantitative estimate of drug-likeness (QED) is 0.405. The molecule has 0 aromatic carbocycles. The van der Waals surface area contributed by atoms with Crippen LogP contribution in [0, 0.1) is 5.92 Å². The first kappa shape index (κ1) is 17.8. The lowest BCUT2D eigenvalue weighted by molar-refractivity contribution is 0.115. The van der Waals surface area contributed by atoms with E-state index < -0.39 is 0 Å². The second-order valence-electron chi connectivity index (χ2n) is 6.30. The lowest BCUT2D eigenvalue weighted by Crippen LogP contribution is -2.40. The highest BCUT2D eigenvalue weighted by Crippen LogP contribution is 2.28. The number of nitrogens with one attached hydrogen (secondary N) is 1. The summed E-state index contributed by atoms with van der Waals surface area (Å²) in [7, 11) is 4.02. The summed E-state index contributed by atoms with van der Waals surface area (Å²) in [4.78, 5) is 6.86. The van der Waals surface area contributed by atoms with Gasteiger partial charge in [0.25, 0.3) is 0 Å². The smallest absolute Gasteiger partial charge is 0.193 e. The van der Waals surface area contributed by atoms with Crippen LogP contribution in [0.4, 0.5) is 0 Å². The van der Waals surface area contributed by atoms with Crippen LogP contribution in [0.15, 0.2) is 17.4 Å². The molecule has 2 rings (SSSR count). The summed E-state index contributed by atoms with van der Waals surface area (Å²) in [5.74, 6) is 1.79. The average molecular weight is 321 g/mol. The maximum atomic E-state index is 5.71. The number of rotatable bonds is 10. The first-order valence-corrected chi connectivity index (χ1v) is 8.73. The molecule has 0 spiro atoms. The van der Waals surface area contributed by atoms with Gasteiger partial charge in [0.2, 0.25) is 0 Å². The van der Waals surface area contributed by atoms with E-state index in [0.29, 0.717) is 0 Å². The molecule has 1 N–H and O–H groups in total. The van der Waals surface area contributed by atoms with Crippen molar-refractivity contribution in [3.05, 3.63) is 18.0 Å². The van der Waals surface area contributed by atoms with Crippen LogP contribution in [0.5, 0.6) is 0 Å². The molecular weight excluding hydrogens is 290 g/mol. The van der Waals surface area contributed by atoms with E-state index in [2.05, 4.69) is 35.5 Å². The molecule has 23 heavy (non-hydrogen) atoms. The molecule has 0 bridgehead atoms. The zero-order chi connectivity index (χ0) is 16.5. The van der Waals surface area contributed by atoms with Gasteiger partial charge in [0.1, 0.15) is 0 Å². The van der Waals surface area contributed by atoms with Gasteiger partial charge in [0.15, 0.2) is 5.96 Å². The summed E-state index contributed by atoms with van der Waals surface area (Å²) in [5, 5.41) is 7.54. The number of hydrogen-bond acceptors (Lipinski definition) is 3. The topological polar surface area (TPSA) is 54.7 Å². The second-order valence-corrected chi connectivity index (χ2v) is 6.30. The Hall–Kier alpha value is -1.56. The fraction of sp³-hybridized carbons (Fsp3) is 0.765. The molecule has 0 unspecified atom stereocenters. The summed E-state index contributed by atoms with van der Waals surface area (Å²) >= 11 is 0. The van der Waals surface area contributed by atoms with Crippen molar-refractivity contribution in [1.29, 1.82) is 0 Å². The fourth-order valence-corrected chi connectivity index (χ4v) is 2.38. The monoisotopic (exact) mass is 321 g/mol. The van der Waals surface area contributed by atoms with Gasteiger partial charge in [-0.15, -0.1) is 0 Å². The lowest BCUT2D eigenvalue weighted by atomic mass is 10.2. The van der Waals surface area contributed by atoms with E-state index in [1.54, 1.807) is 0 Å². The highest BCUT2D eigenvalue weighted by atomic mass is 16.5. The maximum Gasteiger partial charge on any atom is 0.193 e. The van der Waals surface area contributed by atoms with E-state index >= 15 is 0 Å². The van der Waals surface area contributed by atoms with Gasteiger partial charge in [-0.2, -0.15) is 5.10 Å². The van der Waals surface area contributed by atoms with Crippen LogP contribution in [0.2, 0.25) is 0 Å². The predicted octanol–water partition coefficient (Wildman–Crippen LogP) is 1.68. The minimum Gasteiger partial charge on any atom is -0.379 e. The van der Waals surface area contributed by atoms with Gasteiger partial charge in [-0.1, -0.05) is 0 Å². The van der Waals surface area contributed by atoms with Crippen molar-refractivity contribution in [2.75, 3.05) is 39.9 Å². The molecule has 1 heterocycles. The minimum atomic E-state index is 0.771. The van der Waals surface area contributed by atoms with Gasteiger partial charge in [0.05, 0.1) is 12.8 Å². The van der Waals surface area contributed by atoms with Gasteiger partial charge in [0, 0.05) is 46.5 Å². The first-order valence-electron chi connectivity index (χ1n) is 8.73. The fourth-order valence-electron chi connectivity index (χ4n) is 2.38. The van der Waals surface area contributed by atoms with Gasteiger partial charge in [-0.3, -0.25) is 9.67 Å². The van der Waals surface area contributed by atoms with Gasteiger partial charge in [-0.25, -0.2) is 0 Å². The molecule has 1 aliphatic rings. The summed E-state index contributed by atoms with van der Waals surface area (Å²) in [5.41, 5.74) is 1.27. The Balaban J connectivity index is 1.66. The average Bonchev–Trinajstić information content (AvgIpc) is 3.27. The molecule has 0 saturated heterocycles. The Bertz CT molecular complexity index is 481. The van der Waals surface area contributed by atoms with E-state index in [-0.39, 0.29) is 0 Å². The molecule has 0 amide bonds. The molecule has 1 aromatic heterocycles. The molecule has 1 aliphatic carbocycles. The molecule has 6 nitrogen and oxygen atoms in total. The number of hydrogen-bond donors (Lipinski definition) is 1. The van der Waals surface area contributed by atoms with Crippen LogP contribution in [0.1, 0.15) is 31.7 Å². The van der Waals surface area contributed by atoms with E-state index in [4.69, 9.17) is 9.73 Å². The Morgan fingerprint density at radius 1 is 1.52 bits per heavy atom. The van der Waals surface area contributed by atoms with E-state index in [1.165, 1.54) is 18.4 Å². The first-order chi connectivity index (χ1) is 11.2. The van der Waals surface area contributed by atoms with Crippen LogP contribution in [-0.2, 0) is 18.2 Å². The number of likely N-dealkylation sites (N-methyl/N-ethyl adjacent to an activating group) is 1. The SMILES string of the molecule is CCNC(=NCCCc1cnn(C)c1)N(C)CCOCC1CC1. The van der Waals surface area contributed by atoms with Crippen LogP contribution in [-0.4, -0.2) is 60.5 Å². The zero-order valence-corrected chi connectivity index (χ0v) is 14.8. The number of ether oxygens (including phenoxy) is 1. The zero-order valence-electron chi connectivity index (χ0n) is 14.8. The van der Waals surface area contributed by atoms with Crippen LogP contribution in [0.25, 0.3) is 0 Å². The van der Waals surface area contributed by atoms with Crippen molar-refractivity contribution >= 4 is 5.96 Å². The molecule has 1 saturated carbocycles. The van der Waals surface area contributed by atoms with Crippen molar-refractivity contribution < 1.29 is 4.74 Å². The summed E-state index contributed by atoms with van der Waals surface area (Å²) < 4.78 is 7.55.